The summed E-state index contributed by atoms with van der Waals surface area (Å²) in [4.78, 5) is 26.5. The molecule has 6 heteroatoms. The number of hydrogen-bond donors (Lipinski definition) is 1. The third kappa shape index (κ3) is 5.87. The van der Waals surface area contributed by atoms with E-state index in [1.165, 1.54) is 7.11 Å². The van der Waals surface area contributed by atoms with Crippen LogP contribution in [0.2, 0.25) is 10.0 Å². The molecule has 0 aliphatic rings. The highest BCUT2D eigenvalue weighted by Crippen LogP contribution is 2.42. The van der Waals surface area contributed by atoms with Gasteiger partial charge in [0, 0.05) is 22.9 Å². The van der Waals surface area contributed by atoms with E-state index < -0.39 is 17.4 Å². The molecule has 0 saturated heterocycles. The Morgan fingerprint density at radius 1 is 0.730 bits per heavy atom. The van der Waals surface area contributed by atoms with Crippen LogP contribution in [0.1, 0.15) is 28.7 Å². The minimum atomic E-state index is -0.963. The maximum absolute atomic E-state index is 13.8. The molecule has 0 heterocycles. The molecule has 0 aliphatic heterocycles. The van der Waals surface area contributed by atoms with E-state index in [0.717, 1.165) is 16.7 Å². The van der Waals surface area contributed by atoms with Crippen molar-refractivity contribution in [1.29, 1.82) is 0 Å². The summed E-state index contributed by atoms with van der Waals surface area (Å²) in [6.07, 6.45) is 0.167. The maximum Gasteiger partial charge on any atom is 0.328 e. The first-order valence-corrected chi connectivity index (χ1v) is 12.7. The molecular formula is C31H27Cl2NO3. The van der Waals surface area contributed by atoms with E-state index in [2.05, 4.69) is 5.32 Å². The highest BCUT2D eigenvalue weighted by atomic mass is 35.5. The normalized spacial score (nSPS) is 12.0. The Bertz CT molecular complexity index is 1230. The van der Waals surface area contributed by atoms with Crippen molar-refractivity contribution in [2.24, 2.45) is 0 Å². The van der Waals surface area contributed by atoms with E-state index in [0.29, 0.717) is 15.6 Å². The van der Waals surface area contributed by atoms with Crippen LogP contribution in [0.3, 0.4) is 0 Å². The molecule has 0 aromatic heterocycles. The number of hydrogen-bond acceptors (Lipinski definition) is 3. The lowest BCUT2D eigenvalue weighted by atomic mass is 9.67. The SMILES string of the molecule is COC(=O)[C@H](Cc1c(Cl)cccc1Cl)NC(=O)CC(c1ccccc1)(c1ccccc1)c1ccccc1. The second-order valence-corrected chi connectivity index (χ2v) is 9.54. The first-order valence-electron chi connectivity index (χ1n) is 11.9. The van der Waals surface area contributed by atoms with Crippen LogP contribution >= 0.6 is 23.2 Å². The number of amides is 1. The van der Waals surface area contributed by atoms with Crippen molar-refractivity contribution in [1.82, 2.24) is 5.32 Å². The predicted molar refractivity (Wildman–Crippen MR) is 148 cm³/mol. The molecule has 0 bridgehead atoms. The van der Waals surface area contributed by atoms with Gasteiger partial charge in [-0.1, -0.05) is 120 Å². The fourth-order valence-corrected chi connectivity index (χ4v) is 5.28. The molecule has 4 aromatic carbocycles. The molecule has 0 saturated carbocycles. The average molecular weight is 532 g/mol. The van der Waals surface area contributed by atoms with E-state index in [9.17, 15) is 9.59 Å². The predicted octanol–water partition coefficient (Wildman–Crippen LogP) is 6.62. The van der Waals surface area contributed by atoms with E-state index in [1.807, 2.05) is 91.0 Å². The Morgan fingerprint density at radius 3 is 1.57 bits per heavy atom. The first-order chi connectivity index (χ1) is 18.0. The monoisotopic (exact) mass is 531 g/mol. The van der Waals surface area contributed by atoms with Gasteiger partial charge in [0.1, 0.15) is 6.04 Å². The molecular weight excluding hydrogens is 505 g/mol. The molecule has 37 heavy (non-hydrogen) atoms. The van der Waals surface area contributed by atoms with Crippen molar-refractivity contribution in [3.05, 3.63) is 141 Å². The summed E-state index contributed by atoms with van der Waals surface area (Å²) in [6.45, 7) is 0. The molecule has 0 aliphatic carbocycles. The highest BCUT2D eigenvalue weighted by Gasteiger charge is 2.39. The van der Waals surface area contributed by atoms with Crippen molar-refractivity contribution in [3.8, 4) is 0 Å². The van der Waals surface area contributed by atoms with E-state index in [1.54, 1.807) is 18.2 Å². The number of rotatable bonds is 9. The summed E-state index contributed by atoms with van der Waals surface area (Å²) in [5, 5.41) is 3.74. The van der Waals surface area contributed by atoms with Crippen LogP contribution < -0.4 is 5.32 Å². The Kier molecular flexibility index (Phi) is 8.65. The maximum atomic E-state index is 13.8. The average Bonchev–Trinajstić information content (AvgIpc) is 2.94. The molecule has 0 fully saturated rings. The van der Waals surface area contributed by atoms with Crippen LogP contribution in [0.5, 0.6) is 0 Å². The number of carbonyl (C=O) groups is 2. The Balaban J connectivity index is 1.75. The molecule has 4 rings (SSSR count). The highest BCUT2D eigenvalue weighted by molar-refractivity contribution is 6.36. The number of ether oxygens (including phenoxy) is 1. The number of methoxy groups -OCH3 is 1. The Morgan fingerprint density at radius 2 is 1.16 bits per heavy atom. The quantitative estimate of drug-likeness (QED) is 0.195. The topological polar surface area (TPSA) is 55.4 Å². The lowest BCUT2D eigenvalue weighted by Crippen LogP contribution is -2.46. The lowest BCUT2D eigenvalue weighted by Gasteiger charge is -2.36. The summed E-state index contributed by atoms with van der Waals surface area (Å²) in [7, 11) is 1.29. The van der Waals surface area contributed by atoms with Gasteiger partial charge in [-0.05, 0) is 34.4 Å². The zero-order valence-corrected chi connectivity index (χ0v) is 21.9. The molecule has 1 atom stereocenters. The van der Waals surface area contributed by atoms with Gasteiger partial charge in [0.05, 0.1) is 12.5 Å². The molecule has 0 radical (unpaired) electrons. The van der Waals surface area contributed by atoms with E-state index in [-0.39, 0.29) is 18.7 Å². The van der Waals surface area contributed by atoms with Crippen molar-refractivity contribution in [2.75, 3.05) is 7.11 Å². The van der Waals surface area contributed by atoms with Crippen molar-refractivity contribution >= 4 is 35.1 Å². The Hall–Kier alpha value is -3.60. The van der Waals surface area contributed by atoms with Gasteiger partial charge in [-0.2, -0.15) is 0 Å². The third-order valence-electron chi connectivity index (χ3n) is 6.52. The van der Waals surface area contributed by atoms with Crippen LogP contribution in [0.15, 0.2) is 109 Å². The van der Waals surface area contributed by atoms with E-state index >= 15 is 0 Å². The molecule has 4 aromatic rings. The fourth-order valence-electron chi connectivity index (χ4n) is 4.73. The summed E-state index contributed by atoms with van der Waals surface area (Å²) in [5.41, 5.74) is 2.67. The van der Waals surface area contributed by atoms with Crippen molar-refractivity contribution < 1.29 is 14.3 Å². The largest absolute Gasteiger partial charge is 0.467 e. The van der Waals surface area contributed by atoms with Crippen LogP contribution in [0.4, 0.5) is 0 Å². The van der Waals surface area contributed by atoms with Gasteiger partial charge in [-0.15, -0.1) is 0 Å². The lowest BCUT2D eigenvalue weighted by molar-refractivity contribution is -0.145. The van der Waals surface area contributed by atoms with Gasteiger partial charge in [-0.3, -0.25) is 4.79 Å². The second-order valence-electron chi connectivity index (χ2n) is 8.73. The van der Waals surface area contributed by atoms with Gasteiger partial charge < -0.3 is 10.1 Å². The van der Waals surface area contributed by atoms with Gasteiger partial charge in [0.15, 0.2) is 0 Å². The van der Waals surface area contributed by atoms with Crippen LogP contribution in [0.25, 0.3) is 0 Å². The number of carbonyl (C=O) groups excluding carboxylic acids is 2. The summed E-state index contributed by atoms with van der Waals surface area (Å²) < 4.78 is 5.01. The molecule has 0 unspecified atom stereocenters. The second kappa shape index (κ2) is 12.1. The zero-order chi connectivity index (χ0) is 26.3. The minimum Gasteiger partial charge on any atom is -0.467 e. The number of nitrogens with one attached hydrogen (secondary N) is 1. The minimum absolute atomic E-state index is 0.0643. The summed E-state index contributed by atoms with van der Waals surface area (Å²) >= 11 is 12.7. The van der Waals surface area contributed by atoms with Gasteiger partial charge in [0.25, 0.3) is 0 Å². The zero-order valence-electron chi connectivity index (χ0n) is 20.4. The molecule has 1 N–H and O–H groups in total. The summed E-state index contributed by atoms with van der Waals surface area (Å²) in [6, 6.07) is 33.9. The van der Waals surface area contributed by atoms with Crippen molar-refractivity contribution in [2.45, 2.75) is 24.3 Å². The number of halogens is 2. The Labute approximate surface area is 227 Å². The number of benzene rings is 4. The standard InChI is InChI=1S/C31H27Cl2NO3/c1-37-30(36)28(20-25-26(32)18-11-19-27(25)33)34-29(35)21-31(22-12-5-2-6-13-22,23-14-7-3-8-15-23)24-16-9-4-10-17-24/h2-19,28H,20-21H2,1H3,(H,34,35)/t28-/m0/s1. The third-order valence-corrected chi connectivity index (χ3v) is 7.22. The van der Waals surface area contributed by atoms with E-state index in [4.69, 9.17) is 27.9 Å². The van der Waals surface area contributed by atoms with Gasteiger partial charge in [0.2, 0.25) is 5.91 Å². The smallest absolute Gasteiger partial charge is 0.328 e. The molecule has 4 nitrogen and oxygen atoms in total. The number of esters is 1. The van der Waals surface area contributed by atoms with Gasteiger partial charge >= 0.3 is 5.97 Å². The van der Waals surface area contributed by atoms with Crippen LogP contribution in [-0.4, -0.2) is 25.0 Å². The molecule has 188 valence electrons. The van der Waals surface area contributed by atoms with Crippen LogP contribution in [0, 0.1) is 0 Å². The molecule has 1 amide bonds. The molecule has 0 spiro atoms. The summed E-state index contributed by atoms with van der Waals surface area (Å²) in [5.74, 6) is -0.885. The van der Waals surface area contributed by atoms with Crippen molar-refractivity contribution in [3.63, 3.8) is 0 Å². The first kappa shape index (κ1) is 26.5. The van der Waals surface area contributed by atoms with Crippen LogP contribution in [-0.2, 0) is 26.2 Å². The van der Waals surface area contributed by atoms with Gasteiger partial charge in [-0.25, -0.2) is 4.79 Å². The fraction of sp³-hybridized carbons (Fsp3) is 0.161.